The van der Waals surface area contributed by atoms with Crippen LogP contribution in [0.15, 0.2) is 24.3 Å². The van der Waals surface area contributed by atoms with Gasteiger partial charge in [-0.05, 0) is 62.4 Å². The van der Waals surface area contributed by atoms with Crippen LogP contribution in [0.5, 0.6) is 0 Å². The SMILES string of the molecule is C=C(C)C1CCC(=C)C2(OO)CCC(C)C2C1. The third-order valence-electron chi connectivity index (χ3n) is 5.05. The van der Waals surface area contributed by atoms with E-state index in [4.69, 9.17) is 4.89 Å². The summed E-state index contributed by atoms with van der Waals surface area (Å²) >= 11 is 0. The predicted molar refractivity (Wildman–Crippen MR) is 69.6 cm³/mol. The van der Waals surface area contributed by atoms with Crippen LogP contribution >= 0.6 is 0 Å². The molecule has 2 aliphatic rings. The molecule has 4 unspecified atom stereocenters. The zero-order chi connectivity index (χ0) is 12.6. The lowest BCUT2D eigenvalue weighted by Gasteiger charge is -2.34. The van der Waals surface area contributed by atoms with Gasteiger partial charge in [0.05, 0.1) is 0 Å². The smallest absolute Gasteiger partial charge is 0.127 e. The summed E-state index contributed by atoms with van der Waals surface area (Å²) in [6.07, 6.45) is 5.16. The first-order chi connectivity index (χ1) is 8.01. The predicted octanol–water partition coefficient (Wildman–Crippen LogP) is 4.19. The minimum Gasteiger partial charge on any atom is -0.251 e. The summed E-state index contributed by atoms with van der Waals surface area (Å²) in [5, 5.41) is 9.41. The van der Waals surface area contributed by atoms with Gasteiger partial charge in [0.1, 0.15) is 5.60 Å². The number of allylic oxidation sites excluding steroid dienone is 1. The van der Waals surface area contributed by atoms with Gasteiger partial charge in [-0.1, -0.05) is 25.7 Å². The lowest BCUT2D eigenvalue weighted by molar-refractivity contribution is -0.321. The normalized spacial score (nSPS) is 42.1. The van der Waals surface area contributed by atoms with E-state index in [1.54, 1.807) is 0 Å². The molecule has 0 radical (unpaired) electrons. The Kier molecular flexibility index (Phi) is 3.46. The minimum absolute atomic E-state index is 0.393. The van der Waals surface area contributed by atoms with Crippen LogP contribution in [0.25, 0.3) is 0 Å². The van der Waals surface area contributed by atoms with Gasteiger partial charge in [-0.25, -0.2) is 4.89 Å². The quantitative estimate of drug-likeness (QED) is 0.442. The lowest BCUT2D eigenvalue weighted by Crippen LogP contribution is -2.38. The first-order valence-electron chi connectivity index (χ1n) is 6.67. The third kappa shape index (κ3) is 1.98. The number of rotatable bonds is 2. The molecule has 0 aliphatic heterocycles. The molecular weight excluding hydrogens is 212 g/mol. The molecule has 4 atom stereocenters. The van der Waals surface area contributed by atoms with Crippen molar-refractivity contribution < 1.29 is 10.1 Å². The third-order valence-corrected chi connectivity index (χ3v) is 5.05. The first kappa shape index (κ1) is 12.8. The highest BCUT2D eigenvalue weighted by atomic mass is 17.1. The van der Waals surface area contributed by atoms with Crippen LogP contribution in [0, 0.1) is 17.8 Å². The Morgan fingerprint density at radius 3 is 2.76 bits per heavy atom. The second-order valence-electron chi connectivity index (χ2n) is 6.02. The van der Waals surface area contributed by atoms with E-state index in [1.807, 2.05) is 0 Å². The summed E-state index contributed by atoms with van der Waals surface area (Å²) in [6.45, 7) is 12.6. The molecule has 2 fully saturated rings. The number of hydrogen-bond acceptors (Lipinski definition) is 2. The van der Waals surface area contributed by atoms with Crippen molar-refractivity contribution in [2.24, 2.45) is 17.8 Å². The van der Waals surface area contributed by atoms with Crippen molar-refractivity contribution in [3.05, 3.63) is 24.3 Å². The summed E-state index contributed by atoms with van der Waals surface area (Å²) in [6, 6.07) is 0. The van der Waals surface area contributed by atoms with Gasteiger partial charge in [0.25, 0.3) is 0 Å². The van der Waals surface area contributed by atoms with Crippen molar-refractivity contribution in [1.29, 1.82) is 0 Å². The van der Waals surface area contributed by atoms with Crippen molar-refractivity contribution >= 4 is 0 Å². The van der Waals surface area contributed by atoms with E-state index in [9.17, 15) is 5.26 Å². The van der Waals surface area contributed by atoms with E-state index in [0.29, 0.717) is 17.8 Å². The first-order valence-corrected chi connectivity index (χ1v) is 6.67. The zero-order valence-electron chi connectivity index (χ0n) is 11.0. The van der Waals surface area contributed by atoms with Gasteiger partial charge in [0.2, 0.25) is 0 Å². The highest BCUT2D eigenvalue weighted by Gasteiger charge is 2.52. The summed E-state index contributed by atoms with van der Waals surface area (Å²) in [5.41, 5.74) is 1.87. The maximum Gasteiger partial charge on any atom is 0.127 e. The Balaban J connectivity index is 2.31. The molecule has 2 aliphatic carbocycles. The Hall–Kier alpha value is -0.600. The van der Waals surface area contributed by atoms with Crippen LogP contribution < -0.4 is 0 Å². The molecule has 0 aromatic heterocycles. The Bertz CT molecular complexity index is 334. The largest absolute Gasteiger partial charge is 0.251 e. The molecule has 2 heteroatoms. The molecule has 1 N–H and O–H groups in total. The van der Waals surface area contributed by atoms with Crippen LogP contribution in [-0.4, -0.2) is 10.9 Å². The van der Waals surface area contributed by atoms with Gasteiger partial charge < -0.3 is 0 Å². The topological polar surface area (TPSA) is 29.5 Å². The second kappa shape index (κ2) is 4.58. The average molecular weight is 236 g/mol. The monoisotopic (exact) mass is 236 g/mol. The van der Waals surface area contributed by atoms with Crippen molar-refractivity contribution in [2.75, 3.05) is 0 Å². The van der Waals surface area contributed by atoms with E-state index < -0.39 is 5.60 Å². The molecule has 0 aromatic rings. The maximum atomic E-state index is 9.41. The molecular formula is C15H24O2. The van der Waals surface area contributed by atoms with Crippen LogP contribution in [0.2, 0.25) is 0 Å². The molecule has 0 bridgehead atoms. The molecule has 2 rings (SSSR count). The van der Waals surface area contributed by atoms with Crippen LogP contribution in [0.4, 0.5) is 0 Å². The van der Waals surface area contributed by atoms with Crippen molar-refractivity contribution in [3.63, 3.8) is 0 Å². The molecule has 0 spiro atoms. The molecule has 2 saturated carbocycles. The fourth-order valence-electron chi connectivity index (χ4n) is 3.76. The van der Waals surface area contributed by atoms with Gasteiger partial charge in [-0.3, -0.25) is 5.26 Å². The molecule has 0 heterocycles. The second-order valence-corrected chi connectivity index (χ2v) is 6.02. The average Bonchev–Trinajstić information content (AvgIpc) is 2.53. The molecule has 96 valence electrons. The van der Waals surface area contributed by atoms with Crippen molar-refractivity contribution in [1.82, 2.24) is 0 Å². The van der Waals surface area contributed by atoms with Crippen LogP contribution in [0.3, 0.4) is 0 Å². The summed E-state index contributed by atoms with van der Waals surface area (Å²) < 4.78 is 0. The van der Waals surface area contributed by atoms with Gasteiger partial charge in [0.15, 0.2) is 0 Å². The van der Waals surface area contributed by atoms with E-state index >= 15 is 0 Å². The highest BCUT2D eigenvalue weighted by Crippen LogP contribution is 2.53. The summed E-state index contributed by atoms with van der Waals surface area (Å²) in [4.78, 5) is 4.96. The van der Waals surface area contributed by atoms with E-state index in [-0.39, 0.29) is 0 Å². The molecule has 0 aromatic carbocycles. The number of fused-ring (bicyclic) bond motifs is 1. The van der Waals surface area contributed by atoms with Gasteiger partial charge in [-0.15, -0.1) is 0 Å². The van der Waals surface area contributed by atoms with Gasteiger partial charge in [-0.2, -0.15) is 0 Å². The fraction of sp³-hybridized carbons (Fsp3) is 0.733. The van der Waals surface area contributed by atoms with E-state index in [1.165, 1.54) is 5.57 Å². The molecule has 17 heavy (non-hydrogen) atoms. The molecule has 0 saturated heterocycles. The van der Waals surface area contributed by atoms with Crippen LogP contribution in [-0.2, 0) is 4.89 Å². The molecule has 2 nitrogen and oxygen atoms in total. The summed E-state index contributed by atoms with van der Waals surface area (Å²) in [5.74, 6) is 1.54. The lowest BCUT2D eigenvalue weighted by atomic mass is 9.78. The van der Waals surface area contributed by atoms with E-state index in [2.05, 4.69) is 27.0 Å². The van der Waals surface area contributed by atoms with Crippen LogP contribution in [0.1, 0.15) is 46.0 Å². The standard InChI is InChI=1S/C15H24O2/c1-10(2)13-6-5-12(4)15(17-16)8-7-11(3)14(15)9-13/h11,13-14,16H,1,4-9H2,2-3H3. The van der Waals surface area contributed by atoms with Gasteiger partial charge in [0, 0.05) is 0 Å². The fourth-order valence-corrected chi connectivity index (χ4v) is 3.76. The zero-order valence-corrected chi connectivity index (χ0v) is 11.0. The number of hydrogen-bond donors (Lipinski definition) is 1. The Morgan fingerprint density at radius 2 is 2.18 bits per heavy atom. The summed E-state index contributed by atoms with van der Waals surface area (Å²) in [7, 11) is 0. The maximum absolute atomic E-state index is 9.41. The van der Waals surface area contributed by atoms with Crippen molar-refractivity contribution in [3.8, 4) is 0 Å². The molecule has 0 amide bonds. The highest BCUT2D eigenvalue weighted by molar-refractivity contribution is 5.22. The van der Waals surface area contributed by atoms with E-state index in [0.717, 1.165) is 37.7 Å². The Morgan fingerprint density at radius 1 is 1.47 bits per heavy atom. The minimum atomic E-state index is -0.469. The van der Waals surface area contributed by atoms with Crippen molar-refractivity contribution in [2.45, 2.75) is 51.6 Å². The Labute approximate surface area is 104 Å². The van der Waals surface area contributed by atoms with Gasteiger partial charge >= 0.3 is 0 Å².